The molecule has 6 nitrogen and oxygen atoms in total. The number of hydrogen-bond acceptors (Lipinski definition) is 5. The second-order valence-corrected chi connectivity index (χ2v) is 5.35. The summed E-state index contributed by atoms with van der Waals surface area (Å²) in [7, 11) is 0. The van der Waals surface area contributed by atoms with E-state index in [4.69, 9.17) is 13.4 Å². The van der Waals surface area contributed by atoms with Crippen LogP contribution in [0.5, 0.6) is 0 Å². The number of carbonyl (C=O) groups is 1. The van der Waals surface area contributed by atoms with E-state index in [9.17, 15) is 4.79 Å². The van der Waals surface area contributed by atoms with Gasteiger partial charge in [0.05, 0.1) is 18.4 Å². The van der Waals surface area contributed by atoms with Crippen LogP contribution in [0.2, 0.25) is 0 Å². The van der Waals surface area contributed by atoms with Crippen LogP contribution in [0.15, 0.2) is 50.1 Å². The number of hydrogen-bond donors (Lipinski definition) is 1. The highest BCUT2D eigenvalue weighted by Gasteiger charge is 2.28. The molecule has 0 aromatic carbocycles. The molecule has 0 saturated heterocycles. The lowest BCUT2D eigenvalue weighted by molar-refractivity contribution is 0.0939. The Labute approximate surface area is 126 Å². The van der Waals surface area contributed by atoms with E-state index in [1.165, 1.54) is 0 Å². The average Bonchev–Trinajstić information content (AvgIpc) is 3.02. The average molecular weight is 298 g/mol. The van der Waals surface area contributed by atoms with E-state index in [0.717, 1.165) is 24.2 Å². The molecule has 0 spiro atoms. The van der Waals surface area contributed by atoms with Gasteiger partial charge in [-0.25, -0.2) is 0 Å². The van der Waals surface area contributed by atoms with E-state index < -0.39 is 0 Å². The van der Waals surface area contributed by atoms with Crippen LogP contribution in [0.1, 0.15) is 40.8 Å². The number of furan rings is 2. The smallest absolute Gasteiger partial charge is 0.273 e. The normalized spacial score (nSPS) is 14.2. The zero-order valence-corrected chi connectivity index (χ0v) is 11.7. The number of nitrogens with one attached hydrogen (secondary N) is 1. The molecule has 3 heterocycles. The fourth-order valence-corrected chi connectivity index (χ4v) is 2.25. The van der Waals surface area contributed by atoms with E-state index in [1.54, 1.807) is 18.6 Å². The van der Waals surface area contributed by atoms with Crippen LogP contribution in [0.3, 0.4) is 0 Å². The van der Waals surface area contributed by atoms with Crippen LogP contribution in [-0.2, 0) is 6.54 Å². The highest BCUT2D eigenvalue weighted by atomic mass is 16.5. The predicted molar refractivity (Wildman–Crippen MR) is 76.1 cm³/mol. The van der Waals surface area contributed by atoms with E-state index >= 15 is 0 Å². The van der Waals surface area contributed by atoms with Crippen LogP contribution >= 0.6 is 0 Å². The molecule has 1 aliphatic rings. The highest BCUT2D eigenvalue weighted by molar-refractivity contribution is 5.92. The monoisotopic (exact) mass is 298 g/mol. The summed E-state index contributed by atoms with van der Waals surface area (Å²) in [4.78, 5) is 12.0. The molecule has 1 aliphatic carbocycles. The van der Waals surface area contributed by atoms with E-state index in [1.807, 2.05) is 18.2 Å². The molecule has 22 heavy (non-hydrogen) atoms. The zero-order chi connectivity index (χ0) is 14.9. The van der Waals surface area contributed by atoms with Crippen LogP contribution in [-0.4, -0.2) is 11.1 Å². The first-order chi connectivity index (χ1) is 10.8. The van der Waals surface area contributed by atoms with Crippen molar-refractivity contribution in [1.29, 1.82) is 0 Å². The lowest BCUT2D eigenvalue weighted by atomic mass is 10.2. The Bertz CT molecular complexity index is 781. The first-order valence-corrected chi connectivity index (χ1v) is 7.16. The molecule has 0 bridgehead atoms. The second kappa shape index (κ2) is 5.22. The van der Waals surface area contributed by atoms with Gasteiger partial charge in [-0.3, -0.25) is 4.79 Å². The standard InChI is InChI=1S/C16H14N2O4/c19-16(13-7-15(22-18-13)10-1-2-10)17-8-12-3-4-14(21-12)11-5-6-20-9-11/h3-7,9-10H,1-2,8H2,(H,17,19). The van der Waals surface area contributed by atoms with Crippen molar-refractivity contribution in [2.75, 3.05) is 0 Å². The Hall–Kier alpha value is -2.76. The third-order valence-electron chi connectivity index (χ3n) is 3.63. The molecular weight excluding hydrogens is 284 g/mol. The number of rotatable bonds is 5. The summed E-state index contributed by atoms with van der Waals surface area (Å²) < 4.78 is 15.8. The van der Waals surface area contributed by atoms with Gasteiger partial charge in [-0.15, -0.1) is 0 Å². The van der Waals surface area contributed by atoms with Crippen molar-refractivity contribution < 1.29 is 18.2 Å². The third-order valence-corrected chi connectivity index (χ3v) is 3.63. The van der Waals surface area contributed by atoms with Gasteiger partial charge in [0.1, 0.15) is 23.5 Å². The van der Waals surface area contributed by atoms with Crippen molar-refractivity contribution in [3.63, 3.8) is 0 Å². The Kier molecular flexibility index (Phi) is 3.07. The van der Waals surface area contributed by atoms with Crippen LogP contribution in [0.25, 0.3) is 11.3 Å². The first-order valence-electron chi connectivity index (χ1n) is 7.16. The van der Waals surface area contributed by atoms with Gasteiger partial charge >= 0.3 is 0 Å². The summed E-state index contributed by atoms with van der Waals surface area (Å²) in [5, 5.41) is 6.57. The van der Waals surface area contributed by atoms with Crippen molar-refractivity contribution in [3.8, 4) is 11.3 Å². The van der Waals surface area contributed by atoms with Crippen molar-refractivity contribution in [1.82, 2.24) is 10.5 Å². The van der Waals surface area contributed by atoms with Gasteiger partial charge in [0.25, 0.3) is 5.91 Å². The molecule has 3 aromatic rings. The summed E-state index contributed by atoms with van der Waals surface area (Å²) >= 11 is 0. The summed E-state index contributed by atoms with van der Waals surface area (Å²) in [6.07, 6.45) is 5.41. The fraction of sp³-hybridized carbons (Fsp3) is 0.250. The Balaban J connectivity index is 1.38. The van der Waals surface area contributed by atoms with Crippen molar-refractivity contribution in [2.45, 2.75) is 25.3 Å². The van der Waals surface area contributed by atoms with Crippen LogP contribution < -0.4 is 5.32 Å². The van der Waals surface area contributed by atoms with Crippen LogP contribution in [0, 0.1) is 0 Å². The molecule has 1 N–H and O–H groups in total. The molecule has 0 radical (unpaired) electrons. The minimum atomic E-state index is -0.267. The lowest BCUT2D eigenvalue weighted by Crippen LogP contribution is -2.22. The van der Waals surface area contributed by atoms with Crippen molar-refractivity contribution in [3.05, 3.63) is 54.0 Å². The molecule has 0 aliphatic heterocycles. The third kappa shape index (κ3) is 2.55. The predicted octanol–water partition coefficient (Wildman–Crippen LogP) is 3.34. The molecule has 1 saturated carbocycles. The van der Waals surface area contributed by atoms with E-state index in [-0.39, 0.29) is 5.91 Å². The minimum Gasteiger partial charge on any atom is -0.472 e. The molecule has 0 unspecified atom stereocenters. The zero-order valence-electron chi connectivity index (χ0n) is 11.7. The van der Waals surface area contributed by atoms with Crippen molar-refractivity contribution in [2.24, 2.45) is 0 Å². The number of carbonyl (C=O) groups excluding carboxylic acids is 1. The van der Waals surface area contributed by atoms with Gasteiger partial charge in [-0.1, -0.05) is 5.16 Å². The molecule has 0 atom stereocenters. The van der Waals surface area contributed by atoms with Gasteiger partial charge in [-0.2, -0.15) is 0 Å². The minimum absolute atomic E-state index is 0.267. The van der Waals surface area contributed by atoms with Gasteiger partial charge in [-0.05, 0) is 31.0 Å². The van der Waals surface area contributed by atoms with Gasteiger partial charge in [0, 0.05) is 12.0 Å². The number of amides is 1. The highest BCUT2D eigenvalue weighted by Crippen LogP contribution is 2.40. The van der Waals surface area contributed by atoms with Gasteiger partial charge < -0.3 is 18.7 Å². The molecule has 1 fully saturated rings. The van der Waals surface area contributed by atoms with E-state index in [2.05, 4.69) is 10.5 Å². The van der Waals surface area contributed by atoms with Crippen molar-refractivity contribution >= 4 is 5.91 Å². The number of nitrogens with zero attached hydrogens (tertiary/aromatic N) is 1. The van der Waals surface area contributed by atoms with Gasteiger partial charge in [0.2, 0.25) is 0 Å². The molecule has 1 amide bonds. The van der Waals surface area contributed by atoms with Crippen LogP contribution in [0.4, 0.5) is 0 Å². The maximum Gasteiger partial charge on any atom is 0.273 e. The van der Waals surface area contributed by atoms with E-state index in [0.29, 0.717) is 29.7 Å². The molecular formula is C16H14N2O4. The topological polar surface area (TPSA) is 81.4 Å². The Morgan fingerprint density at radius 2 is 2.23 bits per heavy atom. The molecule has 4 rings (SSSR count). The quantitative estimate of drug-likeness (QED) is 0.781. The molecule has 112 valence electrons. The Morgan fingerprint density at radius 1 is 1.32 bits per heavy atom. The SMILES string of the molecule is O=C(NCc1ccc(-c2ccoc2)o1)c1cc(C2CC2)on1. The second-order valence-electron chi connectivity index (χ2n) is 5.35. The summed E-state index contributed by atoms with van der Waals surface area (Å²) in [5.74, 6) is 2.34. The summed E-state index contributed by atoms with van der Waals surface area (Å²) in [6, 6.07) is 7.19. The molecule has 3 aromatic heterocycles. The summed E-state index contributed by atoms with van der Waals surface area (Å²) in [6.45, 7) is 0.294. The molecule has 6 heteroatoms. The largest absolute Gasteiger partial charge is 0.472 e. The maximum atomic E-state index is 12.0. The van der Waals surface area contributed by atoms with Gasteiger partial charge in [0.15, 0.2) is 5.69 Å². The number of aromatic nitrogens is 1. The maximum absolute atomic E-state index is 12.0. The first kappa shape index (κ1) is 12.9. The fourth-order valence-electron chi connectivity index (χ4n) is 2.25. The summed E-state index contributed by atoms with van der Waals surface area (Å²) in [5.41, 5.74) is 1.17. The Morgan fingerprint density at radius 3 is 3.00 bits per heavy atom. The lowest BCUT2D eigenvalue weighted by Gasteiger charge is -1.99.